The van der Waals surface area contributed by atoms with E-state index in [1.165, 1.54) is 38.8 Å². The molecule has 0 aromatic heterocycles. The Morgan fingerprint density at radius 2 is 2.06 bits per heavy atom. The fourth-order valence-electron chi connectivity index (χ4n) is 3.75. The van der Waals surface area contributed by atoms with Crippen molar-refractivity contribution in [2.24, 2.45) is 29.1 Å². The number of nitrogens with one attached hydrogen (secondary N) is 1. The van der Waals surface area contributed by atoms with Crippen LogP contribution in [0.25, 0.3) is 0 Å². The van der Waals surface area contributed by atoms with Gasteiger partial charge in [0.05, 0.1) is 0 Å². The number of hydrogen-bond donors (Lipinski definition) is 1. The van der Waals surface area contributed by atoms with Crippen LogP contribution in [0.5, 0.6) is 0 Å². The van der Waals surface area contributed by atoms with E-state index in [2.05, 4.69) is 31.3 Å². The Morgan fingerprint density at radius 1 is 1.25 bits per heavy atom. The molecule has 3 rings (SSSR count). The Balaban J connectivity index is 1.43. The van der Waals surface area contributed by atoms with Gasteiger partial charge in [-0.25, -0.2) is 0 Å². The summed E-state index contributed by atoms with van der Waals surface area (Å²) in [6.45, 7) is 7.30. The van der Waals surface area contributed by atoms with Crippen LogP contribution in [0.1, 0.15) is 39.5 Å². The van der Waals surface area contributed by atoms with E-state index in [1.807, 2.05) is 0 Å². The molecule has 0 saturated heterocycles. The summed E-state index contributed by atoms with van der Waals surface area (Å²) in [5.74, 6) is 3.64. The van der Waals surface area contributed by atoms with Gasteiger partial charge >= 0.3 is 0 Å². The van der Waals surface area contributed by atoms with Crippen LogP contribution in [0.2, 0.25) is 0 Å². The minimum atomic E-state index is 0.674. The van der Waals surface area contributed by atoms with Crippen LogP contribution in [0.3, 0.4) is 0 Å². The summed E-state index contributed by atoms with van der Waals surface area (Å²) in [6.07, 6.45) is 10.7. The van der Waals surface area contributed by atoms with Gasteiger partial charge in [0.1, 0.15) is 0 Å². The third-order valence-electron chi connectivity index (χ3n) is 5.42. The Labute approximate surface area is 99.7 Å². The Kier molecular flexibility index (Phi) is 2.62. The molecular formula is C15H25N. The average molecular weight is 219 g/mol. The fourth-order valence-corrected chi connectivity index (χ4v) is 3.75. The zero-order valence-corrected chi connectivity index (χ0v) is 10.7. The summed E-state index contributed by atoms with van der Waals surface area (Å²) < 4.78 is 0. The SMILES string of the molecule is CC(C)C1(CNCC2CC3C=CC2C3)CC1. The summed E-state index contributed by atoms with van der Waals surface area (Å²) in [7, 11) is 0. The third-order valence-corrected chi connectivity index (χ3v) is 5.42. The lowest BCUT2D eigenvalue weighted by molar-refractivity contribution is 0.316. The van der Waals surface area contributed by atoms with E-state index in [-0.39, 0.29) is 0 Å². The van der Waals surface area contributed by atoms with Gasteiger partial charge in [-0.05, 0) is 61.3 Å². The Morgan fingerprint density at radius 3 is 2.56 bits per heavy atom. The van der Waals surface area contributed by atoms with Crippen molar-refractivity contribution in [2.75, 3.05) is 13.1 Å². The summed E-state index contributed by atoms with van der Waals surface area (Å²) in [5.41, 5.74) is 0.674. The average Bonchev–Trinajstić information content (AvgIpc) is 2.77. The van der Waals surface area contributed by atoms with Gasteiger partial charge in [0.15, 0.2) is 0 Å². The zero-order chi connectivity index (χ0) is 11.2. The highest BCUT2D eigenvalue weighted by Crippen LogP contribution is 2.51. The van der Waals surface area contributed by atoms with Crippen LogP contribution >= 0.6 is 0 Å². The molecule has 0 radical (unpaired) electrons. The topological polar surface area (TPSA) is 12.0 Å². The molecular weight excluding hydrogens is 194 g/mol. The van der Waals surface area contributed by atoms with Gasteiger partial charge in [-0.2, -0.15) is 0 Å². The molecule has 1 N–H and O–H groups in total. The van der Waals surface area contributed by atoms with Crippen LogP contribution in [0, 0.1) is 29.1 Å². The lowest BCUT2D eigenvalue weighted by Gasteiger charge is -2.23. The molecule has 3 unspecified atom stereocenters. The van der Waals surface area contributed by atoms with Crippen molar-refractivity contribution in [1.29, 1.82) is 0 Å². The minimum absolute atomic E-state index is 0.674. The molecule has 1 heteroatoms. The molecule has 3 atom stereocenters. The van der Waals surface area contributed by atoms with Gasteiger partial charge in [-0.3, -0.25) is 0 Å². The standard InChI is InChI=1S/C15H25N/c1-11(2)15(5-6-15)10-16-9-14-8-12-3-4-13(14)7-12/h3-4,11-14,16H,5-10H2,1-2H3. The van der Waals surface area contributed by atoms with Crippen molar-refractivity contribution in [3.63, 3.8) is 0 Å². The maximum absolute atomic E-state index is 3.76. The Hall–Kier alpha value is -0.300. The van der Waals surface area contributed by atoms with Gasteiger partial charge in [-0.1, -0.05) is 26.0 Å². The van der Waals surface area contributed by atoms with Gasteiger partial charge in [0.2, 0.25) is 0 Å². The van der Waals surface area contributed by atoms with Crippen molar-refractivity contribution in [3.8, 4) is 0 Å². The van der Waals surface area contributed by atoms with E-state index in [4.69, 9.17) is 0 Å². The minimum Gasteiger partial charge on any atom is -0.316 e. The first kappa shape index (κ1) is 10.8. The highest BCUT2D eigenvalue weighted by molar-refractivity contribution is 5.10. The first-order chi connectivity index (χ1) is 7.70. The number of rotatable bonds is 5. The lowest BCUT2D eigenvalue weighted by atomic mass is 9.91. The number of fused-ring (bicyclic) bond motifs is 2. The molecule has 2 saturated carbocycles. The molecule has 0 aliphatic heterocycles. The normalized spacial score (nSPS) is 38.6. The largest absolute Gasteiger partial charge is 0.316 e. The maximum Gasteiger partial charge on any atom is 0.00104 e. The van der Waals surface area contributed by atoms with E-state index >= 15 is 0 Å². The first-order valence-electron chi connectivity index (χ1n) is 7.09. The van der Waals surface area contributed by atoms with E-state index in [9.17, 15) is 0 Å². The molecule has 0 spiro atoms. The molecule has 16 heavy (non-hydrogen) atoms. The molecule has 0 amide bonds. The second kappa shape index (κ2) is 3.87. The molecule has 90 valence electrons. The van der Waals surface area contributed by atoms with Gasteiger partial charge in [0, 0.05) is 6.54 Å². The molecule has 0 heterocycles. The molecule has 2 fully saturated rings. The summed E-state index contributed by atoms with van der Waals surface area (Å²) in [6, 6.07) is 0. The monoisotopic (exact) mass is 219 g/mol. The predicted octanol–water partition coefficient (Wildman–Crippen LogP) is 3.22. The molecule has 0 aromatic rings. The fraction of sp³-hybridized carbons (Fsp3) is 0.867. The summed E-state index contributed by atoms with van der Waals surface area (Å²) in [4.78, 5) is 0. The van der Waals surface area contributed by atoms with E-state index in [1.54, 1.807) is 0 Å². The Bertz CT molecular complexity index is 288. The van der Waals surface area contributed by atoms with Crippen LogP contribution in [0.15, 0.2) is 12.2 Å². The van der Waals surface area contributed by atoms with Gasteiger partial charge in [-0.15, -0.1) is 0 Å². The van der Waals surface area contributed by atoms with Crippen molar-refractivity contribution < 1.29 is 0 Å². The maximum atomic E-state index is 3.76. The highest BCUT2D eigenvalue weighted by Gasteiger charge is 2.45. The second-order valence-corrected chi connectivity index (χ2v) is 6.69. The smallest absolute Gasteiger partial charge is 0.00104 e. The van der Waals surface area contributed by atoms with E-state index in [0.29, 0.717) is 5.41 Å². The van der Waals surface area contributed by atoms with Gasteiger partial charge < -0.3 is 5.32 Å². The predicted molar refractivity (Wildman–Crippen MR) is 68.2 cm³/mol. The van der Waals surface area contributed by atoms with Crippen molar-refractivity contribution in [2.45, 2.75) is 39.5 Å². The van der Waals surface area contributed by atoms with Crippen LogP contribution in [-0.4, -0.2) is 13.1 Å². The van der Waals surface area contributed by atoms with Crippen LogP contribution in [-0.2, 0) is 0 Å². The molecule has 0 aromatic carbocycles. The summed E-state index contributed by atoms with van der Waals surface area (Å²) >= 11 is 0. The van der Waals surface area contributed by atoms with Crippen molar-refractivity contribution in [3.05, 3.63) is 12.2 Å². The molecule has 3 aliphatic carbocycles. The van der Waals surface area contributed by atoms with Gasteiger partial charge in [0.25, 0.3) is 0 Å². The third kappa shape index (κ3) is 1.84. The zero-order valence-electron chi connectivity index (χ0n) is 10.7. The lowest BCUT2D eigenvalue weighted by Crippen LogP contribution is -2.32. The van der Waals surface area contributed by atoms with E-state index < -0.39 is 0 Å². The quantitative estimate of drug-likeness (QED) is 0.700. The number of allylic oxidation sites excluding steroid dienone is 2. The van der Waals surface area contributed by atoms with Crippen molar-refractivity contribution in [1.82, 2.24) is 5.32 Å². The first-order valence-corrected chi connectivity index (χ1v) is 7.09. The molecule has 1 nitrogen and oxygen atoms in total. The van der Waals surface area contributed by atoms with Crippen LogP contribution in [0.4, 0.5) is 0 Å². The van der Waals surface area contributed by atoms with E-state index in [0.717, 1.165) is 23.7 Å². The van der Waals surface area contributed by atoms with Crippen molar-refractivity contribution >= 4 is 0 Å². The molecule has 3 aliphatic rings. The highest BCUT2D eigenvalue weighted by atomic mass is 14.9. The second-order valence-electron chi connectivity index (χ2n) is 6.69. The van der Waals surface area contributed by atoms with Crippen LogP contribution < -0.4 is 5.32 Å². The molecule has 2 bridgehead atoms. The number of hydrogen-bond acceptors (Lipinski definition) is 1. The summed E-state index contributed by atoms with van der Waals surface area (Å²) in [5, 5.41) is 3.76.